The zero-order valence-electron chi connectivity index (χ0n) is 8.83. The van der Waals surface area contributed by atoms with Crippen LogP contribution in [-0.2, 0) is 0 Å². The Morgan fingerprint density at radius 1 is 1.29 bits per heavy atom. The van der Waals surface area contributed by atoms with E-state index in [0.717, 1.165) is 6.42 Å². The lowest BCUT2D eigenvalue weighted by atomic mass is 9.87. The molecular weight excluding hydrogens is 175 g/mol. The molecule has 0 saturated heterocycles. The lowest BCUT2D eigenvalue weighted by Gasteiger charge is -2.18. The summed E-state index contributed by atoms with van der Waals surface area (Å²) in [6.45, 7) is 8.09. The molecule has 0 amide bonds. The molecule has 0 radical (unpaired) electrons. The first-order chi connectivity index (χ1) is 6.65. The Morgan fingerprint density at radius 3 is 2.36 bits per heavy atom. The van der Waals surface area contributed by atoms with Crippen LogP contribution < -0.4 is 0 Å². The number of hydrogen-bond acceptors (Lipinski definition) is 0. The summed E-state index contributed by atoms with van der Waals surface area (Å²) >= 11 is 0. The molecule has 1 rings (SSSR count). The van der Waals surface area contributed by atoms with Crippen LogP contribution in [0.3, 0.4) is 0 Å². The van der Waals surface area contributed by atoms with Crippen molar-refractivity contribution in [1.29, 1.82) is 0 Å². The second-order valence-electron chi connectivity index (χ2n) is 3.84. The van der Waals surface area contributed by atoms with Crippen LogP contribution in [0, 0.1) is 11.7 Å². The van der Waals surface area contributed by atoms with Gasteiger partial charge >= 0.3 is 0 Å². The van der Waals surface area contributed by atoms with Gasteiger partial charge in [0.25, 0.3) is 0 Å². The minimum absolute atomic E-state index is 0.169. The summed E-state index contributed by atoms with van der Waals surface area (Å²) in [5.41, 5.74) is 1.20. The molecule has 76 valence electrons. The van der Waals surface area contributed by atoms with Crippen molar-refractivity contribution in [3.05, 3.63) is 48.3 Å². The lowest BCUT2D eigenvalue weighted by Crippen LogP contribution is -2.05. The summed E-state index contributed by atoms with van der Waals surface area (Å²) < 4.78 is 12.7. The van der Waals surface area contributed by atoms with E-state index in [1.165, 1.54) is 17.7 Å². The van der Waals surface area contributed by atoms with Gasteiger partial charge in [-0.1, -0.05) is 32.1 Å². The highest BCUT2D eigenvalue weighted by Gasteiger charge is 2.12. The molecule has 0 N–H and O–H groups in total. The fraction of sp³-hybridized carbons (Fsp3) is 0.385. The standard InChI is InChI=1S/C13H17F/c1-4-5-10(2)11(3)12-6-8-13(14)9-7-12/h4,6-11H,1,5H2,2-3H3. The van der Waals surface area contributed by atoms with E-state index in [1.54, 1.807) is 0 Å². The molecule has 0 aliphatic heterocycles. The first kappa shape index (κ1) is 11.0. The second kappa shape index (κ2) is 4.94. The van der Waals surface area contributed by atoms with Crippen molar-refractivity contribution < 1.29 is 4.39 Å². The predicted octanol–water partition coefficient (Wildman–Crippen LogP) is 4.14. The molecule has 0 saturated carbocycles. The van der Waals surface area contributed by atoms with Crippen LogP contribution in [0.15, 0.2) is 36.9 Å². The zero-order valence-corrected chi connectivity index (χ0v) is 8.83. The fourth-order valence-corrected chi connectivity index (χ4v) is 1.56. The van der Waals surface area contributed by atoms with E-state index in [1.807, 2.05) is 18.2 Å². The molecule has 0 bridgehead atoms. The van der Waals surface area contributed by atoms with Gasteiger partial charge in [-0.15, -0.1) is 6.58 Å². The van der Waals surface area contributed by atoms with Crippen LogP contribution >= 0.6 is 0 Å². The first-order valence-electron chi connectivity index (χ1n) is 5.01. The van der Waals surface area contributed by atoms with Crippen molar-refractivity contribution in [1.82, 2.24) is 0 Å². The molecule has 1 aromatic carbocycles. The SMILES string of the molecule is C=CCC(C)C(C)c1ccc(F)cc1. The Morgan fingerprint density at radius 2 is 1.86 bits per heavy atom. The van der Waals surface area contributed by atoms with E-state index in [0.29, 0.717) is 11.8 Å². The van der Waals surface area contributed by atoms with Gasteiger partial charge in [-0.3, -0.25) is 0 Å². The van der Waals surface area contributed by atoms with E-state index >= 15 is 0 Å². The molecule has 0 spiro atoms. The van der Waals surface area contributed by atoms with Gasteiger partial charge in [0, 0.05) is 0 Å². The highest BCUT2D eigenvalue weighted by molar-refractivity contribution is 5.20. The molecule has 1 heteroatoms. The number of hydrogen-bond donors (Lipinski definition) is 0. The second-order valence-corrected chi connectivity index (χ2v) is 3.84. The van der Waals surface area contributed by atoms with Crippen molar-refractivity contribution in [3.63, 3.8) is 0 Å². The third-order valence-corrected chi connectivity index (χ3v) is 2.79. The molecule has 2 unspecified atom stereocenters. The van der Waals surface area contributed by atoms with E-state index in [2.05, 4.69) is 20.4 Å². The molecular formula is C13H17F. The largest absolute Gasteiger partial charge is 0.207 e. The third kappa shape index (κ3) is 2.69. The summed E-state index contributed by atoms with van der Waals surface area (Å²) in [4.78, 5) is 0. The van der Waals surface area contributed by atoms with Crippen molar-refractivity contribution in [3.8, 4) is 0 Å². The molecule has 14 heavy (non-hydrogen) atoms. The van der Waals surface area contributed by atoms with Crippen LogP contribution in [0.5, 0.6) is 0 Å². The normalized spacial score (nSPS) is 14.8. The van der Waals surface area contributed by atoms with E-state index in [9.17, 15) is 4.39 Å². The molecule has 0 nitrogen and oxygen atoms in total. The monoisotopic (exact) mass is 192 g/mol. The van der Waals surface area contributed by atoms with Gasteiger partial charge in [-0.25, -0.2) is 4.39 Å². The minimum Gasteiger partial charge on any atom is -0.207 e. The fourth-order valence-electron chi connectivity index (χ4n) is 1.56. The Balaban J connectivity index is 2.73. The Hall–Kier alpha value is -1.11. The van der Waals surface area contributed by atoms with E-state index in [4.69, 9.17) is 0 Å². The Bertz CT molecular complexity index is 287. The maximum absolute atomic E-state index is 12.7. The number of benzene rings is 1. The summed E-state index contributed by atoms with van der Waals surface area (Å²) in [5.74, 6) is 0.837. The summed E-state index contributed by atoms with van der Waals surface area (Å²) in [6.07, 6.45) is 2.93. The lowest BCUT2D eigenvalue weighted by molar-refractivity contribution is 0.493. The summed E-state index contributed by atoms with van der Waals surface area (Å²) in [5, 5.41) is 0. The van der Waals surface area contributed by atoms with E-state index in [-0.39, 0.29) is 5.82 Å². The predicted molar refractivity (Wildman–Crippen MR) is 58.8 cm³/mol. The van der Waals surface area contributed by atoms with Gasteiger partial charge in [0.2, 0.25) is 0 Å². The molecule has 1 aromatic rings. The average molecular weight is 192 g/mol. The van der Waals surface area contributed by atoms with Crippen LogP contribution in [0.1, 0.15) is 31.7 Å². The van der Waals surface area contributed by atoms with Crippen molar-refractivity contribution >= 4 is 0 Å². The van der Waals surface area contributed by atoms with Crippen molar-refractivity contribution in [2.24, 2.45) is 5.92 Å². The summed E-state index contributed by atoms with van der Waals surface area (Å²) in [7, 11) is 0. The Kier molecular flexibility index (Phi) is 3.87. The third-order valence-electron chi connectivity index (χ3n) is 2.79. The number of rotatable bonds is 4. The molecule has 0 heterocycles. The van der Waals surface area contributed by atoms with Crippen LogP contribution in [0.4, 0.5) is 4.39 Å². The number of allylic oxidation sites excluding steroid dienone is 1. The molecule has 0 aliphatic carbocycles. The van der Waals surface area contributed by atoms with Crippen LogP contribution in [-0.4, -0.2) is 0 Å². The Labute approximate surface area is 85.5 Å². The molecule has 0 aromatic heterocycles. The van der Waals surface area contributed by atoms with Crippen LogP contribution in [0.2, 0.25) is 0 Å². The highest BCUT2D eigenvalue weighted by atomic mass is 19.1. The van der Waals surface area contributed by atoms with E-state index < -0.39 is 0 Å². The summed E-state index contributed by atoms with van der Waals surface area (Å²) in [6, 6.07) is 6.76. The van der Waals surface area contributed by atoms with Gasteiger partial charge in [-0.05, 0) is 36.0 Å². The van der Waals surface area contributed by atoms with Crippen molar-refractivity contribution in [2.75, 3.05) is 0 Å². The maximum atomic E-state index is 12.7. The van der Waals surface area contributed by atoms with Gasteiger partial charge in [0.15, 0.2) is 0 Å². The molecule has 2 atom stereocenters. The molecule has 0 aliphatic rings. The van der Waals surface area contributed by atoms with Gasteiger partial charge in [0.05, 0.1) is 0 Å². The average Bonchev–Trinajstić information content (AvgIpc) is 2.18. The first-order valence-corrected chi connectivity index (χ1v) is 5.01. The highest BCUT2D eigenvalue weighted by Crippen LogP contribution is 2.26. The zero-order chi connectivity index (χ0) is 10.6. The molecule has 0 fully saturated rings. The minimum atomic E-state index is -0.169. The quantitative estimate of drug-likeness (QED) is 0.629. The number of halogens is 1. The van der Waals surface area contributed by atoms with Gasteiger partial charge < -0.3 is 0 Å². The smallest absolute Gasteiger partial charge is 0.123 e. The van der Waals surface area contributed by atoms with Gasteiger partial charge in [-0.2, -0.15) is 0 Å². The van der Waals surface area contributed by atoms with Gasteiger partial charge in [0.1, 0.15) is 5.82 Å². The van der Waals surface area contributed by atoms with Crippen molar-refractivity contribution in [2.45, 2.75) is 26.2 Å². The van der Waals surface area contributed by atoms with Crippen LogP contribution in [0.25, 0.3) is 0 Å². The maximum Gasteiger partial charge on any atom is 0.123 e. The topological polar surface area (TPSA) is 0 Å².